The third kappa shape index (κ3) is 9.20. The van der Waals surface area contributed by atoms with Crippen LogP contribution in [-0.2, 0) is 0 Å². The Labute approximate surface area is 94.3 Å². The first kappa shape index (κ1) is 13.9. The molecular formula is C14H23N. The Bertz CT molecular complexity index is 255. The molecule has 0 aromatic heterocycles. The molecule has 1 heteroatoms. The summed E-state index contributed by atoms with van der Waals surface area (Å²) in [5.41, 5.74) is 1.04. The van der Waals surface area contributed by atoms with E-state index in [2.05, 4.69) is 57.5 Å². The van der Waals surface area contributed by atoms with Gasteiger partial charge >= 0.3 is 0 Å². The van der Waals surface area contributed by atoms with Crippen LogP contribution in [-0.4, -0.2) is 6.21 Å². The highest BCUT2D eigenvalue weighted by atomic mass is 14.7. The lowest BCUT2D eigenvalue weighted by Crippen LogP contribution is -1.85. The zero-order chi connectivity index (χ0) is 11.7. The van der Waals surface area contributed by atoms with Crippen molar-refractivity contribution in [3.63, 3.8) is 0 Å². The normalized spacial score (nSPS) is 13.6. The van der Waals surface area contributed by atoms with Crippen molar-refractivity contribution in [3.05, 3.63) is 36.6 Å². The van der Waals surface area contributed by atoms with Crippen molar-refractivity contribution in [3.8, 4) is 0 Å². The van der Waals surface area contributed by atoms with E-state index in [1.165, 1.54) is 0 Å². The number of hydrogen-bond donors (Lipinski definition) is 0. The Morgan fingerprint density at radius 1 is 1.20 bits per heavy atom. The minimum Gasteiger partial charge on any atom is -0.261 e. The molecule has 0 atom stereocenters. The quantitative estimate of drug-likeness (QED) is 0.346. The average Bonchev–Trinajstić information content (AvgIpc) is 2.13. The van der Waals surface area contributed by atoms with Crippen molar-refractivity contribution < 1.29 is 0 Å². The number of aliphatic imine (C=N–C) groups is 1. The monoisotopic (exact) mass is 205 g/mol. The van der Waals surface area contributed by atoms with E-state index in [4.69, 9.17) is 0 Å². The van der Waals surface area contributed by atoms with Crippen LogP contribution in [0.1, 0.15) is 34.1 Å². The Hall–Kier alpha value is -1.11. The molecule has 0 saturated carbocycles. The first-order chi connectivity index (χ1) is 7.06. The molecule has 0 radical (unpaired) electrons. The van der Waals surface area contributed by atoms with E-state index in [1.807, 2.05) is 12.3 Å². The van der Waals surface area contributed by atoms with Crippen LogP contribution in [0.5, 0.6) is 0 Å². The molecule has 0 aliphatic rings. The molecule has 0 fully saturated rings. The SMILES string of the molecule is C=CCC=NC(/C=C\C(C)C)=C/C(C)C. The van der Waals surface area contributed by atoms with Gasteiger partial charge in [-0.05, 0) is 17.9 Å². The molecule has 0 rings (SSSR count). The predicted octanol–water partition coefficient (Wildman–Crippen LogP) is 4.39. The van der Waals surface area contributed by atoms with Gasteiger partial charge in [0.15, 0.2) is 0 Å². The van der Waals surface area contributed by atoms with Crippen LogP contribution in [0.3, 0.4) is 0 Å². The molecule has 0 heterocycles. The minimum absolute atomic E-state index is 0.526. The highest BCUT2D eigenvalue weighted by Gasteiger charge is 1.92. The predicted molar refractivity (Wildman–Crippen MR) is 70.2 cm³/mol. The van der Waals surface area contributed by atoms with E-state index >= 15 is 0 Å². The number of hydrogen-bond acceptors (Lipinski definition) is 1. The maximum absolute atomic E-state index is 4.40. The first-order valence-corrected chi connectivity index (χ1v) is 5.59. The smallest absolute Gasteiger partial charge is 0.0585 e. The van der Waals surface area contributed by atoms with Gasteiger partial charge in [0, 0.05) is 12.6 Å². The second kappa shape index (κ2) is 8.22. The van der Waals surface area contributed by atoms with Gasteiger partial charge in [0.05, 0.1) is 5.70 Å². The molecule has 0 aromatic rings. The standard InChI is InChI=1S/C14H23N/c1-6-7-10-15-14(11-13(4)5)9-8-12(2)3/h6,8-13H,1,7H2,2-5H3/b9-8-,14-11+,15-10?. The highest BCUT2D eigenvalue weighted by molar-refractivity contribution is 5.61. The lowest BCUT2D eigenvalue weighted by Gasteiger charge is -1.99. The summed E-state index contributed by atoms with van der Waals surface area (Å²) in [5.74, 6) is 1.09. The van der Waals surface area contributed by atoms with Crippen LogP contribution in [0.2, 0.25) is 0 Å². The van der Waals surface area contributed by atoms with E-state index in [-0.39, 0.29) is 0 Å². The van der Waals surface area contributed by atoms with Gasteiger partial charge in [0.2, 0.25) is 0 Å². The summed E-state index contributed by atoms with van der Waals surface area (Å²) in [6.45, 7) is 12.3. The summed E-state index contributed by atoms with van der Waals surface area (Å²) in [6.07, 6.45) is 11.0. The summed E-state index contributed by atoms with van der Waals surface area (Å²) in [5, 5.41) is 0. The minimum atomic E-state index is 0.526. The molecule has 84 valence electrons. The fraction of sp³-hybridized carbons (Fsp3) is 0.500. The molecule has 0 saturated heterocycles. The Morgan fingerprint density at radius 2 is 1.87 bits per heavy atom. The molecule has 0 unspecified atom stereocenters. The van der Waals surface area contributed by atoms with Gasteiger partial charge in [-0.15, -0.1) is 6.58 Å². The maximum Gasteiger partial charge on any atom is 0.0585 e. The van der Waals surface area contributed by atoms with E-state index < -0.39 is 0 Å². The van der Waals surface area contributed by atoms with Gasteiger partial charge in [-0.3, -0.25) is 4.99 Å². The van der Waals surface area contributed by atoms with Gasteiger partial charge < -0.3 is 0 Å². The topological polar surface area (TPSA) is 12.4 Å². The summed E-state index contributed by atoms with van der Waals surface area (Å²) < 4.78 is 0. The van der Waals surface area contributed by atoms with Crippen LogP contribution in [0.4, 0.5) is 0 Å². The average molecular weight is 205 g/mol. The van der Waals surface area contributed by atoms with Gasteiger partial charge in [-0.1, -0.05) is 45.9 Å². The summed E-state index contributed by atoms with van der Waals surface area (Å²) >= 11 is 0. The second-order valence-electron chi connectivity index (χ2n) is 4.27. The van der Waals surface area contributed by atoms with Gasteiger partial charge in [0.25, 0.3) is 0 Å². The van der Waals surface area contributed by atoms with Gasteiger partial charge in [-0.2, -0.15) is 0 Å². The van der Waals surface area contributed by atoms with E-state index in [0.29, 0.717) is 11.8 Å². The Kier molecular flexibility index (Phi) is 7.61. The lowest BCUT2D eigenvalue weighted by molar-refractivity contribution is 0.816. The molecule has 0 bridgehead atoms. The van der Waals surface area contributed by atoms with Crippen molar-refractivity contribution >= 4 is 6.21 Å². The van der Waals surface area contributed by atoms with Crippen LogP contribution >= 0.6 is 0 Å². The fourth-order valence-electron chi connectivity index (χ4n) is 1.01. The Balaban J connectivity index is 4.52. The molecular weight excluding hydrogens is 182 g/mol. The van der Waals surface area contributed by atoms with Gasteiger partial charge in [-0.25, -0.2) is 0 Å². The number of allylic oxidation sites excluding steroid dienone is 4. The third-order valence-corrected chi connectivity index (χ3v) is 1.67. The largest absolute Gasteiger partial charge is 0.261 e. The Morgan fingerprint density at radius 3 is 2.33 bits per heavy atom. The zero-order valence-corrected chi connectivity index (χ0v) is 10.4. The van der Waals surface area contributed by atoms with Crippen LogP contribution < -0.4 is 0 Å². The third-order valence-electron chi connectivity index (χ3n) is 1.67. The van der Waals surface area contributed by atoms with Gasteiger partial charge in [0.1, 0.15) is 0 Å². The molecule has 0 N–H and O–H groups in total. The van der Waals surface area contributed by atoms with Crippen molar-refractivity contribution in [1.82, 2.24) is 0 Å². The zero-order valence-electron chi connectivity index (χ0n) is 10.4. The van der Waals surface area contributed by atoms with Crippen LogP contribution in [0.15, 0.2) is 41.6 Å². The van der Waals surface area contributed by atoms with Crippen molar-refractivity contribution in [2.75, 3.05) is 0 Å². The van der Waals surface area contributed by atoms with Crippen LogP contribution in [0, 0.1) is 11.8 Å². The van der Waals surface area contributed by atoms with Crippen molar-refractivity contribution in [2.45, 2.75) is 34.1 Å². The molecule has 0 aromatic carbocycles. The molecule has 0 aliphatic carbocycles. The fourth-order valence-corrected chi connectivity index (χ4v) is 1.01. The molecule has 1 nitrogen and oxygen atoms in total. The van der Waals surface area contributed by atoms with E-state index in [9.17, 15) is 0 Å². The molecule has 0 amide bonds. The first-order valence-electron chi connectivity index (χ1n) is 5.59. The molecule has 0 spiro atoms. The summed E-state index contributed by atoms with van der Waals surface area (Å²) in [4.78, 5) is 4.40. The number of nitrogens with zero attached hydrogens (tertiary/aromatic N) is 1. The van der Waals surface area contributed by atoms with Crippen LogP contribution in [0.25, 0.3) is 0 Å². The maximum atomic E-state index is 4.40. The number of rotatable bonds is 6. The summed E-state index contributed by atoms with van der Waals surface area (Å²) in [7, 11) is 0. The van der Waals surface area contributed by atoms with Crippen molar-refractivity contribution in [2.24, 2.45) is 16.8 Å². The highest BCUT2D eigenvalue weighted by Crippen LogP contribution is 2.07. The molecule has 0 aliphatic heterocycles. The van der Waals surface area contributed by atoms with E-state index in [1.54, 1.807) is 0 Å². The van der Waals surface area contributed by atoms with E-state index in [0.717, 1.165) is 12.1 Å². The summed E-state index contributed by atoms with van der Waals surface area (Å²) in [6, 6.07) is 0. The second-order valence-corrected chi connectivity index (χ2v) is 4.27. The lowest BCUT2D eigenvalue weighted by atomic mass is 10.1. The molecule has 15 heavy (non-hydrogen) atoms. The van der Waals surface area contributed by atoms with Crippen molar-refractivity contribution in [1.29, 1.82) is 0 Å².